The predicted octanol–water partition coefficient (Wildman–Crippen LogP) is -5.12. The van der Waals surface area contributed by atoms with Gasteiger partial charge in [0.25, 0.3) is 0 Å². The van der Waals surface area contributed by atoms with E-state index in [1.165, 1.54) is 12.5 Å². The van der Waals surface area contributed by atoms with Gasteiger partial charge in [0.15, 0.2) is 17.9 Å². The molecule has 0 aliphatic carbocycles. The first-order chi connectivity index (χ1) is 36.4. The minimum Gasteiger partial charge on any atom is -0.480 e. The van der Waals surface area contributed by atoms with E-state index in [-0.39, 0.29) is 108 Å². The third kappa shape index (κ3) is 28.9. The lowest BCUT2D eigenvalue weighted by molar-refractivity contribution is -0.142. The van der Waals surface area contributed by atoms with Crippen molar-refractivity contribution in [2.45, 2.75) is 166 Å². The summed E-state index contributed by atoms with van der Waals surface area (Å²) < 4.78 is 0. The lowest BCUT2D eigenvalue weighted by atomic mass is 9.98. The smallest absolute Gasteiger partial charge is 0.326 e. The number of nitrogens with two attached hydrogens (primary N) is 9. The summed E-state index contributed by atoms with van der Waals surface area (Å²) in [6, 6.07) is -10.0. The van der Waals surface area contributed by atoms with Crippen LogP contribution >= 0.6 is 0 Å². The summed E-state index contributed by atoms with van der Waals surface area (Å²) in [7, 11) is 0. The number of guanidine groups is 3. The second-order valence-corrected chi connectivity index (χ2v) is 19.4. The first kappa shape index (κ1) is 67.7. The van der Waals surface area contributed by atoms with Crippen LogP contribution in [0.25, 0.3) is 0 Å². The summed E-state index contributed by atoms with van der Waals surface area (Å²) in [5, 5.41) is 28.6. The molecule has 1 aromatic heterocycles. The van der Waals surface area contributed by atoms with Crippen LogP contribution in [0.2, 0.25) is 0 Å². The van der Waals surface area contributed by atoms with Crippen LogP contribution in [0.1, 0.15) is 117 Å². The Labute approximate surface area is 450 Å². The SMILES string of the molecule is CC(C)C[C@H](NC(=O)[C@@H](NC(=O)[C@H](CCCCN)NC(=O)[C@H](CCCN=C(N)N)NC(=O)[C@H](Cc1cnc[nH]1)NC(=O)[C@H](CCCN=C(N)N)NC(=O)[C@@H](N)CCCCN)C(C)C)C(=O)N[C@@H](CCCN=C(N)N)C(=O)O. The van der Waals surface area contributed by atoms with Crippen LogP contribution in [-0.2, 0) is 44.8 Å². The maximum absolute atomic E-state index is 14.4. The predicted molar refractivity (Wildman–Crippen MR) is 291 cm³/mol. The number of H-pyrrole nitrogens is 1. The topological polar surface area (TPSA) is 541 Å². The number of hydrogen-bond donors (Lipinski definition) is 18. The Balaban J connectivity index is 3.57. The van der Waals surface area contributed by atoms with Gasteiger partial charge in [0.05, 0.1) is 12.4 Å². The quantitative estimate of drug-likeness (QED) is 0.0166. The van der Waals surface area contributed by atoms with Gasteiger partial charge in [-0.1, -0.05) is 34.1 Å². The van der Waals surface area contributed by atoms with E-state index in [0.717, 1.165) is 0 Å². The molecular formula is C47H89N21O9. The largest absolute Gasteiger partial charge is 0.480 e. The van der Waals surface area contributed by atoms with Crippen LogP contribution in [0.4, 0.5) is 0 Å². The van der Waals surface area contributed by atoms with Crippen molar-refractivity contribution in [2.24, 2.45) is 78.4 Å². The number of rotatable bonds is 40. The number of nitrogens with zero attached hydrogens (tertiary/aromatic N) is 4. The molecule has 8 atom stereocenters. The van der Waals surface area contributed by atoms with Gasteiger partial charge in [0.1, 0.15) is 42.3 Å². The Bertz CT molecular complexity index is 2080. The molecule has 0 fully saturated rings. The molecular weight excluding hydrogens is 1000 g/mol. The molecule has 30 heteroatoms. The molecule has 0 unspecified atom stereocenters. The van der Waals surface area contributed by atoms with Crippen LogP contribution < -0.4 is 88.8 Å². The normalized spacial score (nSPS) is 14.2. The summed E-state index contributed by atoms with van der Waals surface area (Å²) in [6.07, 6.45) is 5.69. The Kier molecular flexibility index (Phi) is 32.9. The lowest BCUT2D eigenvalue weighted by Gasteiger charge is -2.29. The Morgan fingerprint density at radius 2 is 0.909 bits per heavy atom. The molecule has 0 saturated heterocycles. The number of aromatic nitrogens is 2. The number of carbonyl (C=O) groups excluding carboxylic acids is 7. The van der Waals surface area contributed by atoms with Gasteiger partial charge in [-0.15, -0.1) is 0 Å². The zero-order valence-corrected chi connectivity index (χ0v) is 45.1. The second-order valence-electron chi connectivity index (χ2n) is 19.4. The highest BCUT2D eigenvalue weighted by Crippen LogP contribution is 2.13. The summed E-state index contributed by atoms with van der Waals surface area (Å²) in [4.78, 5) is 129. The van der Waals surface area contributed by atoms with E-state index in [4.69, 9.17) is 51.6 Å². The molecule has 0 saturated carbocycles. The number of aromatic amines is 1. The zero-order chi connectivity index (χ0) is 58.0. The van der Waals surface area contributed by atoms with E-state index in [1.54, 1.807) is 27.7 Å². The number of carbonyl (C=O) groups is 8. The molecule has 0 spiro atoms. The van der Waals surface area contributed by atoms with Crippen molar-refractivity contribution in [1.29, 1.82) is 0 Å². The van der Waals surface area contributed by atoms with Crippen molar-refractivity contribution >= 4 is 65.2 Å². The van der Waals surface area contributed by atoms with Gasteiger partial charge in [-0.25, -0.2) is 9.78 Å². The Hall–Kier alpha value is -7.34. The molecule has 0 bridgehead atoms. The maximum Gasteiger partial charge on any atom is 0.326 e. The number of aliphatic imine (C=N–C) groups is 3. The molecule has 7 amide bonds. The number of hydrogen-bond acceptors (Lipinski definition) is 15. The number of carboxylic acid groups (broad SMARTS) is 1. The van der Waals surface area contributed by atoms with Gasteiger partial charge in [0.2, 0.25) is 41.4 Å². The number of nitrogens with one attached hydrogen (secondary N) is 8. The molecule has 1 aromatic rings. The lowest BCUT2D eigenvalue weighted by Crippen LogP contribution is -2.61. The van der Waals surface area contributed by atoms with Gasteiger partial charge < -0.3 is 98.9 Å². The Morgan fingerprint density at radius 1 is 0.519 bits per heavy atom. The third-order valence-electron chi connectivity index (χ3n) is 11.8. The number of amides is 7. The van der Waals surface area contributed by atoms with E-state index in [2.05, 4.69) is 62.2 Å². The fraction of sp³-hybridized carbons (Fsp3) is 0.702. The zero-order valence-electron chi connectivity index (χ0n) is 45.1. The Morgan fingerprint density at radius 3 is 1.34 bits per heavy atom. The number of carboxylic acids is 1. The van der Waals surface area contributed by atoms with E-state index in [0.29, 0.717) is 44.3 Å². The highest BCUT2D eigenvalue weighted by atomic mass is 16.4. The summed E-state index contributed by atoms with van der Waals surface area (Å²) in [5.74, 6) is -7.89. The van der Waals surface area contributed by atoms with Crippen molar-refractivity contribution < 1.29 is 43.5 Å². The van der Waals surface area contributed by atoms with E-state index in [1.807, 2.05) is 0 Å². The first-order valence-corrected chi connectivity index (χ1v) is 26.0. The number of imidazole rings is 1. The van der Waals surface area contributed by atoms with Crippen molar-refractivity contribution in [3.8, 4) is 0 Å². The van der Waals surface area contributed by atoms with Gasteiger partial charge >= 0.3 is 5.97 Å². The fourth-order valence-electron chi connectivity index (χ4n) is 7.65. The highest BCUT2D eigenvalue weighted by molar-refractivity contribution is 5.97. The van der Waals surface area contributed by atoms with Crippen LogP contribution in [0, 0.1) is 11.8 Å². The fourth-order valence-corrected chi connectivity index (χ4v) is 7.65. The third-order valence-corrected chi connectivity index (χ3v) is 11.8. The van der Waals surface area contributed by atoms with Crippen molar-refractivity contribution in [2.75, 3.05) is 32.7 Å². The molecule has 77 heavy (non-hydrogen) atoms. The molecule has 0 aliphatic heterocycles. The van der Waals surface area contributed by atoms with Crippen LogP contribution in [-0.4, -0.2) is 161 Å². The minimum absolute atomic E-state index is 0.0110. The molecule has 0 aliphatic rings. The van der Waals surface area contributed by atoms with E-state index in [9.17, 15) is 43.5 Å². The molecule has 1 heterocycles. The first-order valence-electron chi connectivity index (χ1n) is 26.0. The molecule has 0 radical (unpaired) electrons. The van der Waals surface area contributed by atoms with Gasteiger partial charge in [-0.2, -0.15) is 0 Å². The van der Waals surface area contributed by atoms with E-state index < -0.39 is 102 Å². The number of aliphatic carboxylic acids is 1. The van der Waals surface area contributed by atoms with E-state index >= 15 is 0 Å². The molecule has 30 nitrogen and oxygen atoms in total. The number of unbranched alkanes of at least 4 members (excludes halogenated alkanes) is 2. The summed E-state index contributed by atoms with van der Waals surface area (Å²) in [5.41, 5.74) is 50.8. The summed E-state index contributed by atoms with van der Waals surface area (Å²) >= 11 is 0. The van der Waals surface area contributed by atoms with Crippen molar-refractivity contribution in [3.63, 3.8) is 0 Å². The highest BCUT2D eigenvalue weighted by Gasteiger charge is 2.35. The van der Waals surface area contributed by atoms with Crippen molar-refractivity contribution in [3.05, 3.63) is 18.2 Å². The van der Waals surface area contributed by atoms with Crippen LogP contribution in [0.3, 0.4) is 0 Å². The van der Waals surface area contributed by atoms with Crippen molar-refractivity contribution in [1.82, 2.24) is 47.2 Å². The standard InChI is InChI=1S/C47H89N21O9/c1-26(2)22-34(41(73)65-33(44(76)77)16-11-21-60-47(55)56)67-43(75)36(27(3)4)68-40(72)30(13-6-8-18-49)63-38(70)32(15-10-20-59-46(53)54)64-42(74)35(23-28-24-57-25-61-28)66-39(71)31(14-9-19-58-45(51)52)62-37(69)29(50)12-5-7-17-48/h24-27,29-36H,5-23,48-50H2,1-4H3,(H,57,61)(H,62,69)(H,63,70)(H,64,74)(H,65,73)(H,66,71)(H,67,75)(H,68,72)(H,76,77)(H4,51,52,58)(H4,53,54,59)(H4,55,56,60)/t29-,30-,31-,32-,33-,34-,35-,36-/m0/s1. The van der Waals surface area contributed by atoms with Gasteiger partial charge in [-0.3, -0.25) is 48.5 Å². The summed E-state index contributed by atoms with van der Waals surface area (Å²) in [6.45, 7) is 7.88. The minimum atomic E-state index is -1.38. The molecule has 1 rings (SSSR count). The average molecular weight is 1090 g/mol. The molecule has 0 aromatic carbocycles. The van der Waals surface area contributed by atoms with Crippen LogP contribution in [0.5, 0.6) is 0 Å². The van der Waals surface area contributed by atoms with Gasteiger partial charge in [0, 0.05) is 37.9 Å². The van der Waals surface area contributed by atoms with Gasteiger partial charge in [-0.05, 0) is 102 Å². The van der Waals surface area contributed by atoms with Crippen LogP contribution in [0.15, 0.2) is 27.5 Å². The maximum atomic E-state index is 14.4. The second kappa shape index (κ2) is 37.4. The molecule has 436 valence electrons. The monoisotopic (exact) mass is 1090 g/mol. The molecule has 27 N–H and O–H groups in total. The average Bonchev–Trinajstić information content (AvgIpc) is 3.87.